The summed E-state index contributed by atoms with van der Waals surface area (Å²) in [6.45, 7) is 10.5. The van der Waals surface area contributed by atoms with Gasteiger partial charge >= 0.3 is 5.97 Å². The van der Waals surface area contributed by atoms with Gasteiger partial charge in [-0.1, -0.05) is 93.3 Å². The average Bonchev–Trinajstić information content (AvgIpc) is 2.74. The van der Waals surface area contributed by atoms with E-state index in [9.17, 15) is 9.90 Å². The van der Waals surface area contributed by atoms with E-state index < -0.39 is 20.4 Å². The first-order chi connectivity index (χ1) is 14.7. The van der Waals surface area contributed by atoms with Crippen molar-refractivity contribution in [1.82, 2.24) is 0 Å². The molecule has 0 aliphatic carbocycles. The average molecular weight is 437 g/mol. The summed E-state index contributed by atoms with van der Waals surface area (Å²) in [7, 11) is -2.66. The normalized spacial score (nSPS) is 13.2. The van der Waals surface area contributed by atoms with E-state index in [4.69, 9.17) is 9.16 Å². The van der Waals surface area contributed by atoms with Crippen LogP contribution < -0.4 is 10.4 Å². The lowest BCUT2D eigenvalue weighted by atomic mass is 10.1. The van der Waals surface area contributed by atoms with Crippen molar-refractivity contribution in [2.24, 2.45) is 0 Å². The molecule has 2 aromatic carbocycles. The Morgan fingerprint density at radius 2 is 1.58 bits per heavy atom. The molecule has 0 aliphatic heterocycles. The molecule has 0 aliphatic rings. The number of carbonyl (C=O) groups excluding carboxylic acids is 1. The van der Waals surface area contributed by atoms with Gasteiger partial charge in [-0.05, 0) is 34.8 Å². The number of carbonyl (C=O) groups is 1. The molecule has 0 fully saturated rings. The lowest BCUT2D eigenvalue weighted by Crippen LogP contribution is -2.66. The molecule has 1 N–H and O–H groups in total. The van der Waals surface area contributed by atoms with Crippen molar-refractivity contribution < 1.29 is 19.1 Å². The summed E-state index contributed by atoms with van der Waals surface area (Å²) < 4.78 is 11.5. The highest BCUT2D eigenvalue weighted by Crippen LogP contribution is 2.36. The van der Waals surface area contributed by atoms with Gasteiger partial charge in [-0.15, -0.1) is 0 Å². The van der Waals surface area contributed by atoms with Crippen LogP contribution in [0.5, 0.6) is 0 Å². The van der Waals surface area contributed by atoms with E-state index in [1.54, 1.807) is 13.8 Å². The van der Waals surface area contributed by atoms with Crippen LogP contribution in [0.1, 0.15) is 34.6 Å². The van der Waals surface area contributed by atoms with Gasteiger partial charge in [0.2, 0.25) is 0 Å². The lowest BCUT2D eigenvalue weighted by molar-refractivity contribution is -0.137. The van der Waals surface area contributed by atoms with E-state index >= 15 is 0 Å². The van der Waals surface area contributed by atoms with E-state index in [1.165, 1.54) is 16.4 Å². The van der Waals surface area contributed by atoms with Crippen LogP contribution in [0.3, 0.4) is 0 Å². The molecule has 4 nitrogen and oxygen atoms in total. The zero-order valence-electron chi connectivity index (χ0n) is 19.0. The molecule has 0 spiro atoms. The maximum Gasteiger partial charge on any atom is 0.330 e. The van der Waals surface area contributed by atoms with Gasteiger partial charge in [0.15, 0.2) is 0 Å². The van der Waals surface area contributed by atoms with Crippen molar-refractivity contribution in [3.8, 4) is 11.8 Å². The van der Waals surface area contributed by atoms with Crippen molar-refractivity contribution in [2.75, 3.05) is 13.2 Å². The third kappa shape index (κ3) is 6.17. The molecule has 0 bridgehead atoms. The van der Waals surface area contributed by atoms with Crippen LogP contribution in [0.4, 0.5) is 0 Å². The molecule has 2 aromatic rings. The molecule has 0 amide bonds. The summed E-state index contributed by atoms with van der Waals surface area (Å²) in [6.07, 6.45) is 0.221. The maximum atomic E-state index is 11.6. The van der Waals surface area contributed by atoms with E-state index in [-0.39, 0.29) is 18.3 Å². The van der Waals surface area contributed by atoms with Crippen LogP contribution in [-0.4, -0.2) is 38.7 Å². The zero-order valence-corrected chi connectivity index (χ0v) is 20.0. The second-order valence-corrected chi connectivity index (χ2v) is 12.6. The molecule has 0 saturated heterocycles. The zero-order chi connectivity index (χ0) is 22.9. The Balaban J connectivity index is 2.33. The minimum atomic E-state index is -2.66. The minimum Gasteiger partial charge on any atom is -0.463 e. The first-order valence-corrected chi connectivity index (χ1v) is 12.4. The van der Waals surface area contributed by atoms with Gasteiger partial charge < -0.3 is 14.3 Å². The highest BCUT2D eigenvalue weighted by atomic mass is 28.4. The number of hydrogen-bond donors (Lipinski definition) is 1. The quantitative estimate of drug-likeness (QED) is 0.313. The number of rotatable bonds is 7. The van der Waals surface area contributed by atoms with Gasteiger partial charge in [-0.3, -0.25) is 0 Å². The van der Waals surface area contributed by atoms with Crippen LogP contribution in [0, 0.1) is 11.8 Å². The minimum absolute atomic E-state index is 0.143. The van der Waals surface area contributed by atoms with E-state index in [0.29, 0.717) is 5.57 Å². The molecule has 1 atom stereocenters. The lowest BCUT2D eigenvalue weighted by Gasteiger charge is -2.42. The molecule has 0 aromatic heterocycles. The number of benzene rings is 2. The molecule has 31 heavy (non-hydrogen) atoms. The predicted octanol–water partition coefficient (Wildman–Crippen LogP) is 3.44. The molecular weight excluding hydrogens is 404 g/mol. The molecule has 0 radical (unpaired) electrons. The highest BCUT2D eigenvalue weighted by molar-refractivity contribution is 6.99. The van der Waals surface area contributed by atoms with Crippen LogP contribution >= 0.6 is 0 Å². The van der Waals surface area contributed by atoms with Crippen molar-refractivity contribution in [1.29, 1.82) is 0 Å². The van der Waals surface area contributed by atoms with Gasteiger partial charge in [0, 0.05) is 6.08 Å². The molecular formula is C26H32O4Si. The predicted molar refractivity (Wildman–Crippen MR) is 128 cm³/mol. The van der Waals surface area contributed by atoms with Gasteiger partial charge in [0.1, 0.15) is 6.10 Å². The van der Waals surface area contributed by atoms with Crippen LogP contribution in [-0.2, 0) is 14.0 Å². The Morgan fingerprint density at radius 3 is 2.03 bits per heavy atom. The van der Waals surface area contributed by atoms with Crippen LogP contribution in [0.25, 0.3) is 0 Å². The standard InChI is InChI=1S/C26H32O4Si/c1-6-29-25(28)20-21(2)24(27)18-13-19-30-31(26(3,4)5,22-14-9-7-10-15-22)23-16-11-8-12-17-23/h7-12,14-17,20,24,27H,6,19H2,1-5H3/b21-20+/t24-/m1/s1. The van der Waals surface area contributed by atoms with Gasteiger partial charge in [-0.25, -0.2) is 4.79 Å². The van der Waals surface area contributed by atoms with Crippen LogP contribution in [0.15, 0.2) is 72.3 Å². The number of esters is 1. The summed E-state index contributed by atoms with van der Waals surface area (Å²) in [6, 6.07) is 20.6. The molecule has 164 valence electrons. The van der Waals surface area contributed by atoms with Crippen molar-refractivity contribution in [3.05, 3.63) is 72.3 Å². The fraction of sp³-hybridized carbons (Fsp3) is 0.346. The third-order valence-electron chi connectivity index (χ3n) is 5.08. The smallest absolute Gasteiger partial charge is 0.330 e. The Labute approximate surface area is 187 Å². The van der Waals surface area contributed by atoms with Crippen molar-refractivity contribution in [3.63, 3.8) is 0 Å². The Bertz CT molecular complexity index is 895. The van der Waals surface area contributed by atoms with Crippen LogP contribution in [0.2, 0.25) is 5.04 Å². The summed E-state index contributed by atoms with van der Waals surface area (Å²) in [4.78, 5) is 11.6. The molecule has 5 heteroatoms. The van der Waals surface area contributed by atoms with Gasteiger partial charge in [0.25, 0.3) is 8.32 Å². The Morgan fingerprint density at radius 1 is 1.06 bits per heavy atom. The summed E-state index contributed by atoms with van der Waals surface area (Å²) in [5.41, 5.74) is 0.441. The number of hydrogen-bond acceptors (Lipinski definition) is 4. The molecule has 0 unspecified atom stereocenters. The number of aliphatic hydroxyl groups is 1. The third-order valence-corrected chi connectivity index (χ3v) is 10.1. The van der Waals surface area contributed by atoms with E-state index in [1.807, 2.05) is 36.4 Å². The second kappa shape index (κ2) is 11.1. The first kappa shape index (κ1) is 24.6. The van der Waals surface area contributed by atoms with E-state index in [0.717, 1.165) is 0 Å². The summed E-state index contributed by atoms with van der Waals surface area (Å²) in [5.74, 6) is 5.26. The van der Waals surface area contributed by atoms with Crippen molar-refractivity contribution >= 4 is 24.7 Å². The second-order valence-electron chi connectivity index (χ2n) is 8.32. The van der Waals surface area contributed by atoms with Gasteiger partial charge in [0.05, 0.1) is 13.2 Å². The monoisotopic (exact) mass is 436 g/mol. The summed E-state index contributed by atoms with van der Waals surface area (Å²) >= 11 is 0. The SMILES string of the molecule is CCOC(=O)/C=C(\C)[C@H](O)C#CCO[Si](c1ccccc1)(c1ccccc1)C(C)(C)C. The molecule has 0 heterocycles. The topological polar surface area (TPSA) is 55.8 Å². The largest absolute Gasteiger partial charge is 0.463 e. The fourth-order valence-corrected chi connectivity index (χ4v) is 8.05. The van der Waals surface area contributed by atoms with E-state index in [2.05, 4.69) is 56.9 Å². The maximum absolute atomic E-state index is 11.6. The fourth-order valence-electron chi connectivity index (χ4n) is 3.61. The Kier molecular flexibility index (Phi) is 8.82. The highest BCUT2D eigenvalue weighted by Gasteiger charge is 2.49. The summed E-state index contributed by atoms with van der Waals surface area (Å²) in [5, 5.41) is 12.5. The van der Waals surface area contributed by atoms with Crippen molar-refractivity contribution in [2.45, 2.75) is 45.8 Å². The van der Waals surface area contributed by atoms with Gasteiger partial charge in [-0.2, -0.15) is 0 Å². The number of aliphatic hydroxyl groups excluding tert-OH is 1. The molecule has 0 saturated carbocycles. The molecule has 2 rings (SSSR count). The Hall–Kier alpha value is -2.65. The first-order valence-electron chi connectivity index (χ1n) is 10.5. The number of ether oxygens (including phenoxy) is 1.